The molecule has 0 aliphatic carbocycles. The Balaban J connectivity index is 0.00000106. The van der Waals surface area contributed by atoms with E-state index in [2.05, 4.69) is 26.0 Å². The van der Waals surface area contributed by atoms with Crippen LogP contribution in [0.15, 0.2) is 24.3 Å². The largest absolute Gasteiger partial charge is 0.316 e. The summed E-state index contributed by atoms with van der Waals surface area (Å²) in [6.07, 6.45) is 0. The van der Waals surface area contributed by atoms with Gasteiger partial charge >= 0.3 is 0 Å². The first kappa shape index (κ1) is 14.7. The number of carbonyl (C=O) groups is 1. The zero-order valence-electron chi connectivity index (χ0n) is 11.2. The summed E-state index contributed by atoms with van der Waals surface area (Å²) in [4.78, 5) is 12.7. The highest BCUT2D eigenvalue weighted by atomic mass is 16.2. The summed E-state index contributed by atoms with van der Waals surface area (Å²) < 4.78 is 0. The summed E-state index contributed by atoms with van der Waals surface area (Å²) in [6, 6.07) is 8.10. The van der Waals surface area contributed by atoms with Crippen LogP contribution < -0.4 is 4.90 Å². The SMILES string of the molecule is CC.CC(=O)N(C)c1ccc(C(C)C)cc1. The van der Waals surface area contributed by atoms with Crippen LogP contribution in [0.2, 0.25) is 0 Å². The minimum Gasteiger partial charge on any atom is -0.316 e. The predicted molar refractivity (Wildman–Crippen MR) is 71.0 cm³/mol. The third-order valence-electron chi connectivity index (χ3n) is 2.42. The molecule has 16 heavy (non-hydrogen) atoms. The number of carbonyl (C=O) groups excluding carboxylic acids is 1. The van der Waals surface area contributed by atoms with Crippen molar-refractivity contribution in [1.29, 1.82) is 0 Å². The molecule has 0 saturated carbocycles. The molecule has 0 heterocycles. The molecule has 1 amide bonds. The predicted octanol–water partition coefficient (Wildman–Crippen LogP) is 3.82. The first-order chi connectivity index (χ1) is 7.52. The fraction of sp³-hybridized carbons (Fsp3) is 0.500. The number of benzene rings is 1. The topological polar surface area (TPSA) is 20.3 Å². The number of hydrogen-bond donors (Lipinski definition) is 0. The van der Waals surface area contributed by atoms with Crippen LogP contribution in [0.5, 0.6) is 0 Å². The highest BCUT2D eigenvalue weighted by molar-refractivity contribution is 5.90. The summed E-state index contributed by atoms with van der Waals surface area (Å²) >= 11 is 0. The van der Waals surface area contributed by atoms with Gasteiger partial charge in [0.1, 0.15) is 0 Å². The third kappa shape index (κ3) is 4.05. The molecular weight excluding hydrogens is 198 g/mol. The number of hydrogen-bond acceptors (Lipinski definition) is 1. The van der Waals surface area contributed by atoms with E-state index in [0.717, 1.165) is 5.69 Å². The van der Waals surface area contributed by atoms with E-state index in [1.807, 2.05) is 26.0 Å². The van der Waals surface area contributed by atoms with Crippen LogP contribution in [0.1, 0.15) is 46.1 Å². The van der Waals surface area contributed by atoms with Gasteiger partial charge in [-0.25, -0.2) is 0 Å². The van der Waals surface area contributed by atoms with Crippen molar-refractivity contribution in [3.63, 3.8) is 0 Å². The van der Waals surface area contributed by atoms with E-state index >= 15 is 0 Å². The smallest absolute Gasteiger partial charge is 0.223 e. The number of anilines is 1. The molecule has 0 saturated heterocycles. The maximum absolute atomic E-state index is 11.1. The zero-order valence-corrected chi connectivity index (χ0v) is 11.2. The molecule has 2 nitrogen and oxygen atoms in total. The van der Waals surface area contributed by atoms with E-state index in [4.69, 9.17) is 0 Å². The summed E-state index contributed by atoms with van der Waals surface area (Å²) in [6.45, 7) is 9.88. The molecule has 0 fully saturated rings. The molecule has 0 radical (unpaired) electrons. The Labute approximate surface area is 99.3 Å². The Morgan fingerprint density at radius 3 is 1.88 bits per heavy atom. The van der Waals surface area contributed by atoms with Crippen molar-refractivity contribution in [3.05, 3.63) is 29.8 Å². The molecule has 0 spiro atoms. The Morgan fingerprint density at radius 2 is 1.56 bits per heavy atom. The first-order valence-corrected chi connectivity index (χ1v) is 5.86. The molecule has 0 aliphatic heterocycles. The van der Waals surface area contributed by atoms with Crippen LogP contribution in [0.4, 0.5) is 5.69 Å². The van der Waals surface area contributed by atoms with E-state index < -0.39 is 0 Å². The summed E-state index contributed by atoms with van der Waals surface area (Å²) in [7, 11) is 1.78. The van der Waals surface area contributed by atoms with E-state index in [1.165, 1.54) is 5.56 Å². The van der Waals surface area contributed by atoms with Gasteiger partial charge in [-0.05, 0) is 23.6 Å². The number of nitrogens with zero attached hydrogens (tertiary/aromatic N) is 1. The molecule has 1 aromatic carbocycles. The van der Waals surface area contributed by atoms with Gasteiger partial charge in [0.15, 0.2) is 0 Å². The highest BCUT2D eigenvalue weighted by Crippen LogP contribution is 2.19. The van der Waals surface area contributed by atoms with Crippen LogP contribution in [0.3, 0.4) is 0 Å². The van der Waals surface area contributed by atoms with E-state index in [9.17, 15) is 4.79 Å². The lowest BCUT2D eigenvalue weighted by atomic mass is 10.0. The second-order valence-electron chi connectivity index (χ2n) is 3.82. The maximum Gasteiger partial charge on any atom is 0.223 e. The van der Waals surface area contributed by atoms with Gasteiger partial charge in [0.05, 0.1) is 0 Å². The average molecular weight is 221 g/mol. The van der Waals surface area contributed by atoms with Gasteiger partial charge in [-0.1, -0.05) is 39.8 Å². The second kappa shape index (κ2) is 7.04. The lowest BCUT2D eigenvalue weighted by molar-refractivity contribution is -0.116. The van der Waals surface area contributed by atoms with Gasteiger partial charge in [0.25, 0.3) is 0 Å². The molecule has 0 aliphatic rings. The monoisotopic (exact) mass is 221 g/mol. The molecule has 1 aromatic rings. The minimum absolute atomic E-state index is 0.0577. The number of amides is 1. The van der Waals surface area contributed by atoms with Gasteiger partial charge in [-0.15, -0.1) is 0 Å². The fourth-order valence-corrected chi connectivity index (χ4v) is 1.26. The molecule has 0 N–H and O–H groups in total. The van der Waals surface area contributed by atoms with Crippen molar-refractivity contribution >= 4 is 11.6 Å². The zero-order chi connectivity index (χ0) is 12.7. The van der Waals surface area contributed by atoms with Gasteiger partial charge in [-0.3, -0.25) is 4.79 Å². The van der Waals surface area contributed by atoms with Crippen LogP contribution in [-0.4, -0.2) is 13.0 Å². The Kier molecular flexibility index (Phi) is 6.47. The molecule has 0 bridgehead atoms. The summed E-state index contributed by atoms with van der Waals surface area (Å²) in [5.74, 6) is 0.592. The van der Waals surface area contributed by atoms with E-state index in [1.54, 1.807) is 18.9 Å². The Morgan fingerprint density at radius 1 is 1.12 bits per heavy atom. The molecular formula is C14H23NO. The van der Waals surface area contributed by atoms with Gasteiger partial charge < -0.3 is 4.90 Å². The van der Waals surface area contributed by atoms with Gasteiger partial charge in [0.2, 0.25) is 5.91 Å². The first-order valence-electron chi connectivity index (χ1n) is 5.86. The molecule has 0 aromatic heterocycles. The average Bonchev–Trinajstić information content (AvgIpc) is 2.30. The van der Waals surface area contributed by atoms with Crippen LogP contribution in [0.25, 0.3) is 0 Å². The third-order valence-corrected chi connectivity index (χ3v) is 2.42. The summed E-state index contributed by atoms with van der Waals surface area (Å²) in [5, 5.41) is 0. The highest BCUT2D eigenvalue weighted by Gasteiger charge is 2.05. The van der Waals surface area contributed by atoms with Gasteiger partial charge in [-0.2, -0.15) is 0 Å². The second-order valence-corrected chi connectivity index (χ2v) is 3.82. The molecule has 1 rings (SSSR count). The normalized spacial score (nSPS) is 9.44. The van der Waals surface area contributed by atoms with E-state index in [0.29, 0.717) is 5.92 Å². The standard InChI is InChI=1S/C12H17NO.C2H6/c1-9(2)11-5-7-12(8-6-11)13(4)10(3)14;1-2/h5-9H,1-4H3;1-2H3. The van der Waals surface area contributed by atoms with Crippen LogP contribution in [0, 0.1) is 0 Å². The maximum atomic E-state index is 11.1. The van der Waals surface area contributed by atoms with Crippen LogP contribution >= 0.6 is 0 Å². The van der Waals surface area contributed by atoms with Crippen molar-refractivity contribution in [2.45, 2.75) is 40.5 Å². The quantitative estimate of drug-likeness (QED) is 0.743. The molecule has 90 valence electrons. The lowest BCUT2D eigenvalue weighted by Gasteiger charge is -2.15. The summed E-state index contributed by atoms with van der Waals surface area (Å²) in [5.41, 5.74) is 2.24. The van der Waals surface area contributed by atoms with Crippen molar-refractivity contribution in [2.75, 3.05) is 11.9 Å². The van der Waals surface area contributed by atoms with Crippen molar-refractivity contribution in [2.24, 2.45) is 0 Å². The molecule has 0 atom stereocenters. The van der Waals surface area contributed by atoms with Crippen molar-refractivity contribution in [1.82, 2.24) is 0 Å². The fourth-order valence-electron chi connectivity index (χ4n) is 1.26. The van der Waals surface area contributed by atoms with Gasteiger partial charge in [0, 0.05) is 19.7 Å². The van der Waals surface area contributed by atoms with Crippen LogP contribution in [-0.2, 0) is 4.79 Å². The van der Waals surface area contributed by atoms with Crippen molar-refractivity contribution in [3.8, 4) is 0 Å². The molecule has 0 unspecified atom stereocenters. The number of rotatable bonds is 2. The van der Waals surface area contributed by atoms with Crippen molar-refractivity contribution < 1.29 is 4.79 Å². The van der Waals surface area contributed by atoms with E-state index in [-0.39, 0.29) is 5.91 Å². The lowest BCUT2D eigenvalue weighted by Crippen LogP contribution is -2.22. The Bertz CT molecular complexity index is 314. The Hall–Kier alpha value is -1.31. The molecule has 2 heteroatoms. The minimum atomic E-state index is 0.0577.